The maximum Gasteiger partial charge on any atom is 0.138 e. The molecule has 15 heavy (non-hydrogen) atoms. The summed E-state index contributed by atoms with van der Waals surface area (Å²) in [5.74, 6) is 0.611. The fourth-order valence-electron chi connectivity index (χ4n) is 1.32. The molecule has 0 aliphatic rings. The Morgan fingerprint density at radius 1 is 1.40 bits per heavy atom. The lowest BCUT2D eigenvalue weighted by molar-refractivity contribution is -0.118. The average Bonchev–Trinajstić information content (AvgIpc) is 2.18. The van der Waals surface area contributed by atoms with E-state index in [0.29, 0.717) is 23.5 Å². The Hall–Kier alpha value is -0.340. The lowest BCUT2D eigenvalue weighted by Crippen LogP contribution is -2.03. The number of halogens is 2. The van der Waals surface area contributed by atoms with E-state index < -0.39 is 0 Å². The largest absolute Gasteiger partial charge is 0.299 e. The summed E-state index contributed by atoms with van der Waals surface area (Å²) in [4.78, 5) is 11.7. The quantitative estimate of drug-likeness (QED) is 0.752. The van der Waals surface area contributed by atoms with Crippen LogP contribution < -0.4 is 0 Å². The third-order valence-corrected chi connectivity index (χ3v) is 2.93. The second-order valence-electron chi connectivity index (χ2n) is 3.51. The van der Waals surface area contributed by atoms with Crippen molar-refractivity contribution in [2.75, 3.05) is 5.88 Å². The Balaban J connectivity index is 2.60. The number of Topliss-reactive ketones (excluding diaryl/α,β-unsaturated/α-hetero) is 1. The first-order chi connectivity index (χ1) is 7.13. The van der Waals surface area contributed by atoms with Crippen molar-refractivity contribution >= 4 is 33.3 Å². The van der Waals surface area contributed by atoms with E-state index in [-0.39, 0.29) is 5.78 Å². The molecule has 0 fully saturated rings. The lowest BCUT2D eigenvalue weighted by Gasteiger charge is -2.05. The van der Waals surface area contributed by atoms with Crippen LogP contribution in [0.3, 0.4) is 0 Å². The Bertz CT molecular complexity index is 319. The van der Waals surface area contributed by atoms with Crippen molar-refractivity contribution in [1.29, 1.82) is 0 Å². The Morgan fingerprint density at radius 3 is 2.47 bits per heavy atom. The van der Waals surface area contributed by atoms with Gasteiger partial charge in [-0.25, -0.2) is 0 Å². The number of alkyl halides is 2. The summed E-state index contributed by atoms with van der Waals surface area (Å²) in [6, 6.07) is 8.09. The molecule has 1 unspecified atom stereocenters. The van der Waals surface area contributed by atoms with Crippen molar-refractivity contribution in [2.45, 2.75) is 24.6 Å². The number of hydrogen-bond donors (Lipinski definition) is 0. The molecule has 0 bridgehead atoms. The SMILES string of the molecule is CC(Br)c1ccc(CC(=O)CCCl)cc1. The first kappa shape index (κ1) is 12.7. The highest BCUT2D eigenvalue weighted by Gasteiger charge is 2.04. The summed E-state index contributed by atoms with van der Waals surface area (Å²) in [6.07, 6.45) is 0.946. The van der Waals surface area contributed by atoms with E-state index in [0.717, 1.165) is 5.56 Å². The molecule has 0 saturated carbocycles. The van der Waals surface area contributed by atoms with Crippen molar-refractivity contribution in [3.05, 3.63) is 35.4 Å². The third-order valence-electron chi connectivity index (χ3n) is 2.21. The summed E-state index contributed by atoms with van der Waals surface area (Å²) in [7, 11) is 0. The monoisotopic (exact) mass is 288 g/mol. The zero-order valence-corrected chi connectivity index (χ0v) is 11.0. The summed E-state index contributed by atoms with van der Waals surface area (Å²) in [5.41, 5.74) is 2.28. The molecule has 0 aliphatic heterocycles. The average molecular weight is 290 g/mol. The van der Waals surface area contributed by atoms with E-state index in [1.807, 2.05) is 24.3 Å². The van der Waals surface area contributed by atoms with Crippen molar-refractivity contribution in [3.63, 3.8) is 0 Å². The smallest absolute Gasteiger partial charge is 0.138 e. The van der Waals surface area contributed by atoms with E-state index in [9.17, 15) is 4.79 Å². The molecule has 1 aromatic carbocycles. The Morgan fingerprint density at radius 2 is 2.00 bits per heavy atom. The highest BCUT2D eigenvalue weighted by molar-refractivity contribution is 9.09. The number of benzene rings is 1. The minimum Gasteiger partial charge on any atom is -0.299 e. The van der Waals surface area contributed by atoms with Gasteiger partial charge >= 0.3 is 0 Å². The fourth-order valence-corrected chi connectivity index (χ4v) is 1.84. The van der Waals surface area contributed by atoms with Gasteiger partial charge in [0.1, 0.15) is 5.78 Å². The topological polar surface area (TPSA) is 17.1 Å². The Labute approximate surface area is 104 Å². The van der Waals surface area contributed by atoms with Crippen LogP contribution >= 0.6 is 27.5 Å². The van der Waals surface area contributed by atoms with Crippen molar-refractivity contribution in [3.8, 4) is 0 Å². The molecule has 0 heterocycles. The second kappa shape index (κ2) is 6.29. The predicted octanol–water partition coefficient (Wildman–Crippen LogP) is 3.88. The van der Waals surface area contributed by atoms with Crippen LogP contribution in [-0.4, -0.2) is 11.7 Å². The number of ketones is 1. The van der Waals surface area contributed by atoms with E-state index in [4.69, 9.17) is 11.6 Å². The molecule has 1 rings (SSSR count). The summed E-state index contributed by atoms with van der Waals surface area (Å²) in [5, 5.41) is 0. The van der Waals surface area contributed by atoms with Crippen LogP contribution in [0.2, 0.25) is 0 Å². The zero-order valence-electron chi connectivity index (χ0n) is 8.67. The molecule has 0 amide bonds. The number of carbonyl (C=O) groups excluding carboxylic acids is 1. The van der Waals surface area contributed by atoms with Gasteiger partial charge in [0.25, 0.3) is 0 Å². The summed E-state index contributed by atoms with van der Waals surface area (Å²) < 4.78 is 0. The van der Waals surface area contributed by atoms with Crippen molar-refractivity contribution in [1.82, 2.24) is 0 Å². The molecule has 0 spiro atoms. The standard InChI is InChI=1S/C12H14BrClO/c1-9(13)11-4-2-10(3-5-11)8-12(15)6-7-14/h2-5,9H,6-8H2,1H3. The van der Waals surface area contributed by atoms with Gasteiger partial charge in [-0.15, -0.1) is 11.6 Å². The number of rotatable bonds is 5. The zero-order chi connectivity index (χ0) is 11.3. The molecule has 1 nitrogen and oxygen atoms in total. The summed E-state index contributed by atoms with van der Waals surface area (Å²) >= 11 is 9.00. The van der Waals surface area contributed by atoms with Crippen LogP contribution in [0.5, 0.6) is 0 Å². The highest BCUT2D eigenvalue weighted by Crippen LogP contribution is 2.21. The number of hydrogen-bond acceptors (Lipinski definition) is 1. The van der Waals surface area contributed by atoms with Gasteiger partial charge in [0, 0.05) is 23.5 Å². The van der Waals surface area contributed by atoms with Crippen molar-refractivity contribution in [2.24, 2.45) is 0 Å². The van der Waals surface area contributed by atoms with Gasteiger partial charge in [-0.05, 0) is 18.1 Å². The van der Waals surface area contributed by atoms with Gasteiger partial charge in [-0.2, -0.15) is 0 Å². The third kappa shape index (κ3) is 4.35. The molecule has 3 heteroatoms. The molecule has 0 aromatic heterocycles. The first-order valence-corrected chi connectivity index (χ1v) is 6.39. The van der Waals surface area contributed by atoms with Crippen LogP contribution in [0.4, 0.5) is 0 Å². The maximum absolute atomic E-state index is 11.3. The molecule has 0 N–H and O–H groups in total. The molecular weight excluding hydrogens is 275 g/mol. The van der Waals surface area contributed by atoms with Crippen LogP contribution in [-0.2, 0) is 11.2 Å². The highest BCUT2D eigenvalue weighted by atomic mass is 79.9. The molecular formula is C12H14BrClO. The number of carbonyl (C=O) groups is 1. The van der Waals surface area contributed by atoms with Gasteiger partial charge < -0.3 is 0 Å². The first-order valence-electron chi connectivity index (χ1n) is 4.94. The van der Waals surface area contributed by atoms with Crippen LogP contribution in [0, 0.1) is 0 Å². The molecule has 0 radical (unpaired) electrons. The van der Waals surface area contributed by atoms with Crippen molar-refractivity contribution < 1.29 is 4.79 Å². The molecule has 0 saturated heterocycles. The van der Waals surface area contributed by atoms with Crippen LogP contribution in [0.25, 0.3) is 0 Å². The minimum absolute atomic E-state index is 0.199. The van der Waals surface area contributed by atoms with Gasteiger partial charge in [-0.3, -0.25) is 4.79 Å². The lowest BCUT2D eigenvalue weighted by atomic mass is 10.0. The summed E-state index contributed by atoms with van der Waals surface area (Å²) in [6.45, 7) is 2.08. The van der Waals surface area contributed by atoms with E-state index in [1.165, 1.54) is 5.56 Å². The van der Waals surface area contributed by atoms with E-state index in [2.05, 4.69) is 22.9 Å². The maximum atomic E-state index is 11.3. The van der Waals surface area contributed by atoms with E-state index >= 15 is 0 Å². The van der Waals surface area contributed by atoms with Gasteiger partial charge in [0.15, 0.2) is 0 Å². The normalized spacial score (nSPS) is 12.5. The fraction of sp³-hybridized carbons (Fsp3) is 0.417. The van der Waals surface area contributed by atoms with Crippen LogP contribution in [0.1, 0.15) is 29.3 Å². The van der Waals surface area contributed by atoms with Gasteiger partial charge in [-0.1, -0.05) is 40.2 Å². The molecule has 82 valence electrons. The van der Waals surface area contributed by atoms with Gasteiger partial charge in [0.2, 0.25) is 0 Å². The second-order valence-corrected chi connectivity index (χ2v) is 5.26. The Kier molecular flexibility index (Phi) is 5.34. The molecule has 1 aromatic rings. The predicted molar refractivity (Wildman–Crippen MR) is 67.8 cm³/mol. The van der Waals surface area contributed by atoms with E-state index in [1.54, 1.807) is 0 Å². The van der Waals surface area contributed by atoms with Gasteiger partial charge in [0.05, 0.1) is 0 Å². The van der Waals surface area contributed by atoms with Crippen LogP contribution in [0.15, 0.2) is 24.3 Å². The molecule has 1 atom stereocenters. The molecule has 0 aliphatic carbocycles. The minimum atomic E-state index is 0.199.